The highest BCUT2D eigenvalue weighted by Crippen LogP contribution is 2.36. The van der Waals surface area contributed by atoms with Crippen molar-refractivity contribution in [3.63, 3.8) is 0 Å². The van der Waals surface area contributed by atoms with Gasteiger partial charge in [0.15, 0.2) is 12.4 Å². The summed E-state index contributed by atoms with van der Waals surface area (Å²) in [6.45, 7) is 0.288. The molecular formula is C20H13Cl2NO3. The number of nitriles is 1. The fourth-order valence-corrected chi connectivity index (χ4v) is 3.01. The van der Waals surface area contributed by atoms with Gasteiger partial charge in [0, 0.05) is 16.1 Å². The maximum absolute atomic E-state index is 12.3. The van der Waals surface area contributed by atoms with E-state index in [0.717, 1.165) is 11.1 Å². The second kappa shape index (κ2) is 8.09. The molecule has 0 saturated heterocycles. The van der Waals surface area contributed by atoms with Crippen molar-refractivity contribution in [2.75, 3.05) is 13.2 Å². The maximum Gasteiger partial charge on any atom is 0.185 e. The number of rotatable bonds is 5. The highest BCUT2D eigenvalue weighted by atomic mass is 35.5. The van der Waals surface area contributed by atoms with Crippen molar-refractivity contribution >= 4 is 35.1 Å². The lowest BCUT2D eigenvalue weighted by atomic mass is 10.1. The SMILES string of the molecule is N#CCOc1ccc(C(=O)C=CC2=Cc3cc(Cl)cc(Cl)c3OC2)cc1. The molecule has 0 atom stereocenters. The number of allylic oxidation sites excluding steroid dienone is 1. The molecule has 0 unspecified atom stereocenters. The van der Waals surface area contributed by atoms with Crippen molar-refractivity contribution < 1.29 is 14.3 Å². The Kier molecular flexibility index (Phi) is 5.62. The highest BCUT2D eigenvalue weighted by Gasteiger charge is 2.14. The molecule has 1 heterocycles. The van der Waals surface area contributed by atoms with Crippen LogP contribution in [0.3, 0.4) is 0 Å². The molecule has 130 valence electrons. The molecule has 2 aromatic carbocycles. The minimum atomic E-state index is -0.146. The summed E-state index contributed by atoms with van der Waals surface area (Å²) in [5.41, 5.74) is 2.13. The Bertz CT molecular complexity index is 941. The molecule has 0 saturated carbocycles. The summed E-state index contributed by atoms with van der Waals surface area (Å²) in [6, 6.07) is 11.9. The monoisotopic (exact) mass is 385 g/mol. The number of hydrogen-bond acceptors (Lipinski definition) is 4. The van der Waals surface area contributed by atoms with E-state index in [9.17, 15) is 4.79 Å². The van der Waals surface area contributed by atoms with Crippen LogP contribution in [-0.4, -0.2) is 19.0 Å². The molecule has 0 radical (unpaired) electrons. The van der Waals surface area contributed by atoms with Gasteiger partial charge in [-0.15, -0.1) is 0 Å². The molecule has 1 aliphatic heterocycles. The maximum atomic E-state index is 12.3. The molecule has 26 heavy (non-hydrogen) atoms. The zero-order chi connectivity index (χ0) is 18.5. The molecule has 0 bridgehead atoms. The van der Waals surface area contributed by atoms with E-state index in [1.165, 1.54) is 6.08 Å². The van der Waals surface area contributed by atoms with Crippen molar-refractivity contribution in [3.05, 3.63) is 75.3 Å². The van der Waals surface area contributed by atoms with Gasteiger partial charge in [-0.1, -0.05) is 29.3 Å². The van der Waals surface area contributed by atoms with E-state index in [4.69, 9.17) is 37.9 Å². The zero-order valence-corrected chi connectivity index (χ0v) is 15.1. The molecule has 0 fully saturated rings. The number of hydrogen-bond donors (Lipinski definition) is 0. The van der Waals surface area contributed by atoms with E-state index in [-0.39, 0.29) is 12.4 Å². The van der Waals surface area contributed by atoms with Gasteiger partial charge in [0.1, 0.15) is 24.2 Å². The molecule has 0 spiro atoms. The van der Waals surface area contributed by atoms with Crippen molar-refractivity contribution in [2.45, 2.75) is 0 Å². The number of benzene rings is 2. The standard InChI is InChI=1S/C20H13Cl2NO3/c21-16-10-15-9-13(12-26-20(15)18(22)11-16)1-6-19(24)14-2-4-17(5-3-14)25-8-7-23/h1-6,9-11H,8,12H2. The summed E-state index contributed by atoms with van der Waals surface area (Å²) in [5.74, 6) is 0.987. The van der Waals surface area contributed by atoms with Crippen LogP contribution in [0.1, 0.15) is 15.9 Å². The number of halogens is 2. The molecule has 1 aliphatic rings. The lowest BCUT2D eigenvalue weighted by molar-refractivity contribution is 0.104. The minimum absolute atomic E-state index is 0.0309. The van der Waals surface area contributed by atoms with Gasteiger partial charge in [0.05, 0.1) is 5.02 Å². The summed E-state index contributed by atoms with van der Waals surface area (Å²) in [7, 11) is 0. The van der Waals surface area contributed by atoms with Crippen molar-refractivity contribution in [2.24, 2.45) is 0 Å². The highest BCUT2D eigenvalue weighted by molar-refractivity contribution is 6.36. The summed E-state index contributed by atoms with van der Waals surface area (Å²) < 4.78 is 10.8. The molecule has 0 aliphatic carbocycles. The van der Waals surface area contributed by atoms with Gasteiger partial charge in [0.2, 0.25) is 0 Å². The number of ether oxygens (including phenoxy) is 2. The number of carbonyl (C=O) groups excluding carboxylic acids is 1. The summed E-state index contributed by atoms with van der Waals surface area (Å²) in [5, 5.41) is 9.47. The predicted octanol–water partition coefficient (Wildman–Crippen LogP) is 5.11. The van der Waals surface area contributed by atoms with Gasteiger partial charge in [0.25, 0.3) is 0 Å². The topological polar surface area (TPSA) is 59.3 Å². The summed E-state index contributed by atoms with van der Waals surface area (Å²) >= 11 is 12.1. The third-order valence-electron chi connectivity index (χ3n) is 3.65. The van der Waals surface area contributed by atoms with Crippen molar-refractivity contribution in [1.82, 2.24) is 0 Å². The van der Waals surface area contributed by atoms with E-state index in [1.807, 2.05) is 12.1 Å². The van der Waals surface area contributed by atoms with Crippen LogP contribution < -0.4 is 9.47 Å². The van der Waals surface area contributed by atoms with Crippen LogP contribution in [0.4, 0.5) is 0 Å². The fourth-order valence-electron chi connectivity index (χ4n) is 2.44. The third-order valence-corrected chi connectivity index (χ3v) is 4.15. The normalized spacial score (nSPS) is 12.7. The number of nitrogens with zero attached hydrogens (tertiary/aromatic N) is 1. The molecule has 0 amide bonds. The number of carbonyl (C=O) groups is 1. The molecule has 0 N–H and O–H groups in total. The zero-order valence-electron chi connectivity index (χ0n) is 13.5. The average molecular weight is 386 g/mol. The minimum Gasteiger partial charge on any atom is -0.487 e. The molecule has 3 rings (SSSR count). The van der Waals surface area contributed by atoms with E-state index in [2.05, 4.69) is 0 Å². The van der Waals surface area contributed by atoms with Gasteiger partial charge < -0.3 is 9.47 Å². The second-order valence-corrected chi connectivity index (χ2v) is 6.33. The van der Waals surface area contributed by atoms with Gasteiger partial charge >= 0.3 is 0 Å². The van der Waals surface area contributed by atoms with Gasteiger partial charge in [-0.25, -0.2) is 0 Å². The Morgan fingerprint density at radius 3 is 2.77 bits per heavy atom. The largest absolute Gasteiger partial charge is 0.487 e. The van der Waals surface area contributed by atoms with E-state index >= 15 is 0 Å². The van der Waals surface area contributed by atoms with Gasteiger partial charge in [-0.2, -0.15) is 5.26 Å². The first-order valence-electron chi connectivity index (χ1n) is 7.71. The first-order chi connectivity index (χ1) is 12.6. The smallest absolute Gasteiger partial charge is 0.185 e. The van der Waals surface area contributed by atoms with Gasteiger partial charge in [-0.3, -0.25) is 4.79 Å². The van der Waals surface area contributed by atoms with Crippen LogP contribution >= 0.6 is 23.2 Å². The van der Waals surface area contributed by atoms with Crippen LogP contribution in [0.5, 0.6) is 11.5 Å². The lowest BCUT2D eigenvalue weighted by Crippen LogP contribution is -2.07. The Labute approximate surface area is 160 Å². The number of fused-ring (bicyclic) bond motifs is 1. The molecule has 4 nitrogen and oxygen atoms in total. The van der Waals surface area contributed by atoms with Crippen LogP contribution in [-0.2, 0) is 0 Å². The van der Waals surface area contributed by atoms with E-state index in [0.29, 0.717) is 33.7 Å². The Morgan fingerprint density at radius 1 is 1.27 bits per heavy atom. The lowest BCUT2D eigenvalue weighted by Gasteiger charge is -2.17. The molecule has 0 aromatic heterocycles. The number of ketones is 1. The molecule has 2 aromatic rings. The fraction of sp³-hybridized carbons (Fsp3) is 0.100. The molecule has 6 heteroatoms. The van der Waals surface area contributed by atoms with Crippen LogP contribution in [0.15, 0.2) is 54.1 Å². The Hall–Kier alpha value is -2.74. The van der Waals surface area contributed by atoms with E-state index < -0.39 is 0 Å². The van der Waals surface area contributed by atoms with Crippen LogP contribution in [0.25, 0.3) is 6.08 Å². The summed E-state index contributed by atoms with van der Waals surface area (Å²) in [4.78, 5) is 12.3. The first kappa shape index (κ1) is 18.1. The van der Waals surface area contributed by atoms with Crippen molar-refractivity contribution in [3.8, 4) is 17.6 Å². The van der Waals surface area contributed by atoms with Gasteiger partial charge in [-0.05, 0) is 54.1 Å². The second-order valence-electron chi connectivity index (χ2n) is 5.48. The first-order valence-corrected chi connectivity index (χ1v) is 8.47. The molecular weight excluding hydrogens is 373 g/mol. The van der Waals surface area contributed by atoms with Crippen LogP contribution in [0, 0.1) is 11.3 Å². The van der Waals surface area contributed by atoms with Crippen molar-refractivity contribution in [1.29, 1.82) is 5.26 Å². The quantitative estimate of drug-likeness (QED) is 0.529. The third kappa shape index (κ3) is 4.26. The Morgan fingerprint density at radius 2 is 2.04 bits per heavy atom. The summed E-state index contributed by atoms with van der Waals surface area (Å²) in [6.07, 6.45) is 5.08. The Balaban J connectivity index is 1.72. The van der Waals surface area contributed by atoms with E-state index in [1.54, 1.807) is 42.5 Å². The average Bonchev–Trinajstić information content (AvgIpc) is 2.64. The predicted molar refractivity (Wildman–Crippen MR) is 101 cm³/mol. The van der Waals surface area contributed by atoms with Crippen LogP contribution in [0.2, 0.25) is 10.0 Å².